The summed E-state index contributed by atoms with van der Waals surface area (Å²) < 4.78 is 5.38. The molecule has 1 amide bonds. The van der Waals surface area contributed by atoms with Crippen LogP contribution in [-0.2, 0) is 4.74 Å². The number of carbonyl (C=O) groups is 1. The monoisotopic (exact) mass is 398 g/mol. The lowest BCUT2D eigenvalue weighted by Gasteiger charge is -2.36. The number of piperazine rings is 1. The minimum atomic E-state index is -0.515. The highest BCUT2D eigenvalue weighted by Crippen LogP contribution is 2.23. The van der Waals surface area contributed by atoms with Crippen molar-refractivity contribution in [3.05, 3.63) is 52.2 Å². The first kappa shape index (κ1) is 19.1. The molecule has 0 atom stereocenters. The second-order valence-electron chi connectivity index (χ2n) is 6.92. The maximum absolute atomic E-state index is 12.8. The van der Waals surface area contributed by atoms with E-state index in [2.05, 4.69) is 20.0 Å². The highest BCUT2D eigenvalue weighted by Gasteiger charge is 2.27. The van der Waals surface area contributed by atoms with Gasteiger partial charge in [0.1, 0.15) is 5.56 Å². The highest BCUT2D eigenvalue weighted by atomic mass is 16.6. The average molecular weight is 398 g/mol. The highest BCUT2D eigenvalue weighted by molar-refractivity contribution is 5.98. The fraction of sp³-hybridized carbons (Fsp3) is 0.421. The molecule has 10 heteroatoms. The molecule has 0 bridgehead atoms. The molecule has 1 aromatic heterocycles. The lowest BCUT2D eigenvalue weighted by Crippen LogP contribution is -2.49. The zero-order valence-corrected chi connectivity index (χ0v) is 15.9. The van der Waals surface area contributed by atoms with E-state index in [9.17, 15) is 14.9 Å². The third-order valence-corrected chi connectivity index (χ3v) is 5.23. The van der Waals surface area contributed by atoms with E-state index in [1.165, 1.54) is 12.1 Å². The Morgan fingerprint density at radius 3 is 2.48 bits per heavy atom. The topological polar surface area (TPSA) is 105 Å². The molecule has 0 saturated carbocycles. The molecule has 0 radical (unpaired) electrons. The van der Waals surface area contributed by atoms with Crippen molar-refractivity contribution in [3.8, 4) is 0 Å². The zero-order valence-electron chi connectivity index (χ0n) is 15.9. The number of carbonyl (C=O) groups excluding carboxylic acids is 1. The number of morpholine rings is 1. The van der Waals surface area contributed by atoms with Gasteiger partial charge in [-0.3, -0.25) is 14.9 Å². The lowest BCUT2D eigenvalue weighted by molar-refractivity contribution is -0.385. The number of benzene rings is 1. The normalized spacial score (nSPS) is 17.3. The number of hydrogen-bond acceptors (Lipinski definition) is 8. The molecule has 2 aliphatic rings. The number of amides is 1. The van der Waals surface area contributed by atoms with Crippen LogP contribution in [-0.4, -0.2) is 78.4 Å². The first-order valence-electron chi connectivity index (χ1n) is 9.56. The number of nitrogens with zero attached hydrogens (tertiary/aromatic N) is 6. The van der Waals surface area contributed by atoms with Crippen LogP contribution in [0.2, 0.25) is 0 Å². The van der Waals surface area contributed by atoms with E-state index in [0.29, 0.717) is 39.4 Å². The summed E-state index contributed by atoms with van der Waals surface area (Å²) in [6.45, 7) is 5.16. The average Bonchev–Trinajstić information content (AvgIpc) is 2.79. The number of nitro benzene ring substituents is 1. The third-order valence-electron chi connectivity index (χ3n) is 5.23. The van der Waals surface area contributed by atoms with E-state index in [1.807, 2.05) is 6.07 Å². The molecule has 0 spiro atoms. The molecule has 10 nitrogen and oxygen atoms in total. The SMILES string of the molecule is O=C(c1ccccc1[N+](=O)[O-])N1CCN(c2cnnc(N3CCOCC3)c2)CC1. The van der Waals surface area contributed by atoms with E-state index >= 15 is 0 Å². The van der Waals surface area contributed by atoms with Gasteiger partial charge in [0.05, 0.1) is 30.0 Å². The second-order valence-corrected chi connectivity index (χ2v) is 6.92. The van der Waals surface area contributed by atoms with Gasteiger partial charge in [0.15, 0.2) is 5.82 Å². The van der Waals surface area contributed by atoms with Gasteiger partial charge in [-0.25, -0.2) is 0 Å². The van der Waals surface area contributed by atoms with E-state index in [-0.39, 0.29) is 17.2 Å². The minimum absolute atomic E-state index is 0.131. The number of para-hydroxylation sites is 1. The van der Waals surface area contributed by atoms with Gasteiger partial charge < -0.3 is 19.4 Å². The first-order chi connectivity index (χ1) is 14.1. The number of rotatable bonds is 4. The molecule has 2 fully saturated rings. The van der Waals surface area contributed by atoms with Gasteiger partial charge in [-0.1, -0.05) is 12.1 Å². The molecule has 2 aliphatic heterocycles. The maximum atomic E-state index is 12.8. The summed E-state index contributed by atoms with van der Waals surface area (Å²) in [5.41, 5.74) is 0.929. The summed E-state index contributed by atoms with van der Waals surface area (Å²) in [5.74, 6) is 0.517. The minimum Gasteiger partial charge on any atom is -0.378 e. The fourth-order valence-electron chi connectivity index (χ4n) is 3.62. The molecule has 2 saturated heterocycles. The van der Waals surface area contributed by atoms with Crippen LogP contribution < -0.4 is 9.80 Å². The lowest BCUT2D eigenvalue weighted by atomic mass is 10.1. The molecule has 4 rings (SSSR count). The van der Waals surface area contributed by atoms with Crippen LogP contribution >= 0.6 is 0 Å². The summed E-state index contributed by atoms with van der Waals surface area (Å²) in [6.07, 6.45) is 1.73. The van der Waals surface area contributed by atoms with Crippen molar-refractivity contribution in [1.29, 1.82) is 0 Å². The van der Waals surface area contributed by atoms with E-state index in [0.717, 1.165) is 24.6 Å². The van der Waals surface area contributed by atoms with Crippen molar-refractivity contribution in [2.45, 2.75) is 0 Å². The standard InChI is InChI=1S/C19H22N6O4/c26-19(16-3-1-2-4-17(16)25(27)28)24-7-5-22(6-8-24)15-13-18(21-20-14-15)23-9-11-29-12-10-23/h1-4,13-14H,5-12H2. The van der Waals surface area contributed by atoms with Gasteiger partial charge in [-0.2, -0.15) is 5.10 Å². The van der Waals surface area contributed by atoms with Gasteiger partial charge in [0.25, 0.3) is 11.6 Å². The molecular formula is C19H22N6O4. The van der Waals surface area contributed by atoms with Crippen molar-refractivity contribution in [3.63, 3.8) is 0 Å². The zero-order chi connectivity index (χ0) is 20.2. The first-order valence-corrected chi connectivity index (χ1v) is 9.56. The maximum Gasteiger partial charge on any atom is 0.282 e. The van der Waals surface area contributed by atoms with Crippen molar-refractivity contribution in [2.75, 3.05) is 62.3 Å². The molecule has 1 aromatic carbocycles. The quantitative estimate of drug-likeness (QED) is 0.559. The Hall–Kier alpha value is -3.27. The Labute approximate surface area is 167 Å². The molecule has 29 heavy (non-hydrogen) atoms. The largest absolute Gasteiger partial charge is 0.378 e. The third kappa shape index (κ3) is 4.11. The number of aromatic nitrogens is 2. The van der Waals surface area contributed by atoms with E-state index in [1.54, 1.807) is 23.2 Å². The molecule has 3 heterocycles. The Morgan fingerprint density at radius 1 is 1.03 bits per heavy atom. The Kier molecular flexibility index (Phi) is 5.52. The van der Waals surface area contributed by atoms with Gasteiger partial charge in [-0.15, -0.1) is 5.10 Å². The van der Waals surface area contributed by atoms with E-state index < -0.39 is 4.92 Å². The summed E-state index contributed by atoms with van der Waals surface area (Å²) in [4.78, 5) is 29.5. The van der Waals surface area contributed by atoms with Crippen molar-refractivity contribution < 1.29 is 14.5 Å². The fourth-order valence-corrected chi connectivity index (χ4v) is 3.62. The molecule has 0 unspecified atom stereocenters. The molecule has 0 aliphatic carbocycles. The predicted octanol–water partition coefficient (Wildman–Crippen LogP) is 1.18. The number of anilines is 2. The van der Waals surface area contributed by atoms with E-state index in [4.69, 9.17) is 4.74 Å². The van der Waals surface area contributed by atoms with Crippen LogP contribution in [0.4, 0.5) is 17.2 Å². The Balaban J connectivity index is 1.42. The van der Waals surface area contributed by atoms with Crippen LogP contribution in [0, 0.1) is 10.1 Å². The van der Waals surface area contributed by atoms with Crippen LogP contribution in [0.1, 0.15) is 10.4 Å². The Bertz CT molecular complexity index is 894. The van der Waals surface area contributed by atoms with Gasteiger partial charge in [-0.05, 0) is 6.07 Å². The molecule has 152 valence electrons. The number of nitro groups is 1. The second kappa shape index (κ2) is 8.39. The van der Waals surface area contributed by atoms with Crippen LogP contribution in [0.15, 0.2) is 36.5 Å². The smallest absolute Gasteiger partial charge is 0.282 e. The van der Waals surface area contributed by atoms with Crippen molar-refractivity contribution >= 4 is 23.1 Å². The molecule has 0 N–H and O–H groups in total. The summed E-state index contributed by atoms with van der Waals surface area (Å²) >= 11 is 0. The van der Waals surface area contributed by atoms with Crippen LogP contribution in [0.5, 0.6) is 0 Å². The van der Waals surface area contributed by atoms with Gasteiger partial charge in [0.2, 0.25) is 0 Å². The van der Waals surface area contributed by atoms with Crippen molar-refractivity contribution in [2.24, 2.45) is 0 Å². The summed E-state index contributed by atoms with van der Waals surface area (Å²) in [6, 6.07) is 8.09. The molecule has 2 aromatic rings. The van der Waals surface area contributed by atoms with Crippen molar-refractivity contribution in [1.82, 2.24) is 15.1 Å². The van der Waals surface area contributed by atoms with Crippen LogP contribution in [0.25, 0.3) is 0 Å². The molecular weight excluding hydrogens is 376 g/mol. The van der Waals surface area contributed by atoms with Crippen LogP contribution in [0.3, 0.4) is 0 Å². The Morgan fingerprint density at radius 2 is 1.76 bits per heavy atom. The van der Waals surface area contributed by atoms with Gasteiger partial charge in [0, 0.05) is 51.4 Å². The summed E-state index contributed by atoms with van der Waals surface area (Å²) in [5, 5.41) is 19.6. The number of ether oxygens (including phenoxy) is 1. The summed E-state index contributed by atoms with van der Waals surface area (Å²) in [7, 11) is 0. The van der Waals surface area contributed by atoms with Gasteiger partial charge >= 0.3 is 0 Å². The predicted molar refractivity (Wildman–Crippen MR) is 106 cm³/mol. The number of hydrogen-bond donors (Lipinski definition) is 0.